The molecular weight excluding hydrogens is 464 g/mol. The molecule has 0 spiro atoms. The van der Waals surface area contributed by atoms with Crippen molar-refractivity contribution < 1.29 is 13.6 Å². The van der Waals surface area contributed by atoms with E-state index in [9.17, 15) is 13.6 Å². The summed E-state index contributed by atoms with van der Waals surface area (Å²) in [5, 5.41) is 4.43. The molecule has 8 nitrogen and oxygen atoms in total. The van der Waals surface area contributed by atoms with Crippen LogP contribution in [0.3, 0.4) is 0 Å². The van der Waals surface area contributed by atoms with E-state index in [2.05, 4.69) is 20.1 Å². The van der Waals surface area contributed by atoms with Crippen molar-refractivity contribution in [2.24, 2.45) is 0 Å². The monoisotopic (exact) mass is 485 g/mol. The minimum Gasteiger partial charge on any atom is -0.332 e. The first kappa shape index (κ1) is 22.0. The number of amides is 1. The molecule has 180 valence electrons. The molecule has 0 aromatic carbocycles. The molecule has 36 heavy (non-hydrogen) atoms. The Balaban J connectivity index is 1.32. The van der Waals surface area contributed by atoms with E-state index in [-0.39, 0.29) is 17.6 Å². The van der Waals surface area contributed by atoms with Gasteiger partial charge in [0.05, 0.1) is 36.4 Å². The number of hydrogen-bond acceptors (Lipinski definition) is 5. The minimum absolute atomic E-state index is 0.109. The predicted octanol–water partition coefficient (Wildman–Crippen LogP) is 4.24. The summed E-state index contributed by atoms with van der Waals surface area (Å²) in [6, 6.07) is 11.1. The van der Waals surface area contributed by atoms with E-state index in [4.69, 9.17) is 0 Å². The SMILES string of the molecule is O=C(c1c(-c2ccccn2)nc2ccc(F)cn12)N1CCC[C@H]1Cn1cc(-c2ccc(F)cn2)cn1. The van der Waals surface area contributed by atoms with E-state index >= 15 is 0 Å². The molecule has 1 amide bonds. The minimum atomic E-state index is -0.460. The summed E-state index contributed by atoms with van der Waals surface area (Å²) in [5.41, 5.74) is 3.10. The molecule has 5 aromatic heterocycles. The molecule has 1 saturated heterocycles. The molecule has 0 bridgehead atoms. The second-order valence-electron chi connectivity index (χ2n) is 8.71. The second-order valence-corrected chi connectivity index (χ2v) is 8.71. The zero-order valence-electron chi connectivity index (χ0n) is 19.1. The highest BCUT2D eigenvalue weighted by Gasteiger charge is 2.34. The smallest absolute Gasteiger partial charge is 0.273 e. The lowest BCUT2D eigenvalue weighted by molar-refractivity contribution is 0.0715. The van der Waals surface area contributed by atoms with Crippen LogP contribution in [-0.2, 0) is 6.54 Å². The van der Waals surface area contributed by atoms with Crippen LogP contribution in [0.5, 0.6) is 0 Å². The van der Waals surface area contributed by atoms with E-state index in [1.54, 1.807) is 46.2 Å². The Morgan fingerprint density at radius 1 is 0.972 bits per heavy atom. The van der Waals surface area contributed by atoms with Crippen LogP contribution < -0.4 is 0 Å². The van der Waals surface area contributed by atoms with Gasteiger partial charge in [0.2, 0.25) is 0 Å². The standard InChI is InChI=1S/C26H21F2N7O/c27-18-6-8-21(30-13-18)17-12-31-33(14-17)16-20-4-3-11-34(20)26(36)25-24(22-5-1-2-10-29-22)32-23-9-7-19(28)15-35(23)25/h1-2,5-10,12-15,20H,3-4,11,16H2/t20-/m0/s1. The highest BCUT2D eigenvalue weighted by atomic mass is 19.1. The second kappa shape index (κ2) is 8.95. The number of likely N-dealkylation sites (tertiary alicyclic amines) is 1. The molecule has 1 aliphatic rings. The van der Waals surface area contributed by atoms with Gasteiger partial charge in [-0.15, -0.1) is 0 Å². The van der Waals surface area contributed by atoms with Gasteiger partial charge in [-0.05, 0) is 49.2 Å². The third-order valence-electron chi connectivity index (χ3n) is 6.38. The fourth-order valence-corrected chi connectivity index (χ4v) is 4.69. The molecule has 6 rings (SSSR count). The summed E-state index contributed by atoms with van der Waals surface area (Å²) in [7, 11) is 0. The summed E-state index contributed by atoms with van der Waals surface area (Å²) >= 11 is 0. The van der Waals surface area contributed by atoms with E-state index in [1.807, 2.05) is 12.3 Å². The van der Waals surface area contributed by atoms with Crippen molar-refractivity contribution in [3.05, 3.63) is 90.8 Å². The van der Waals surface area contributed by atoms with Crippen molar-refractivity contribution in [2.75, 3.05) is 6.54 Å². The van der Waals surface area contributed by atoms with Gasteiger partial charge < -0.3 is 4.90 Å². The number of aromatic nitrogens is 6. The Morgan fingerprint density at radius 3 is 2.67 bits per heavy atom. The van der Waals surface area contributed by atoms with Crippen LogP contribution in [0, 0.1) is 11.6 Å². The highest BCUT2D eigenvalue weighted by Crippen LogP contribution is 2.28. The molecule has 6 heterocycles. The van der Waals surface area contributed by atoms with E-state index in [0.717, 1.165) is 18.4 Å². The van der Waals surface area contributed by atoms with E-state index in [0.29, 0.717) is 35.8 Å². The van der Waals surface area contributed by atoms with Gasteiger partial charge in [0.1, 0.15) is 28.7 Å². The van der Waals surface area contributed by atoms with Gasteiger partial charge in [0, 0.05) is 30.7 Å². The fourth-order valence-electron chi connectivity index (χ4n) is 4.69. The lowest BCUT2D eigenvalue weighted by Crippen LogP contribution is -2.39. The topological polar surface area (TPSA) is 81.2 Å². The number of imidazole rings is 1. The molecule has 0 aliphatic carbocycles. The third kappa shape index (κ3) is 4.00. The van der Waals surface area contributed by atoms with Crippen molar-refractivity contribution in [2.45, 2.75) is 25.4 Å². The maximum atomic E-state index is 14.2. The van der Waals surface area contributed by atoms with Gasteiger partial charge in [0.15, 0.2) is 0 Å². The van der Waals surface area contributed by atoms with Crippen molar-refractivity contribution >= 4 is 11.6 Å². The number of fused-ring (bicyclic) bond motifs is 1. The van der Waals surface area contributed by atoms with Crippen LogP contribution >= 0.6 is 0 Å². The predicted molar refractivity (Wildman–Crippen MR) is 128 cm³/mol. The first-order valence-electron chi connectivity index (χ1n) is 11.6. The lowest BCUT2D eigenvalue weighted by Gasteiger charge is -2.25. The number of halogens is 2. The largest absolute Gasteiger partial charge is 0.332 e. The zero-order valence-corrected chi connectivity index (χ0v) is 19.1. The molecule has 0 saturated carbocycles. The fraction of sp³-hybridized carbons (Fsp3) is 0.192. The normalized spacial score (nSPS) is 15.6. The Kier molecular flexibility index (Phi) is 5.48. The summed E-state index contributed by atoms with van der Waals surface area (Å²) in [6.07, 6.45) is 9.24. The molecule has 10 heteroatoms. The van der Waals surface area contributed by atoms with Crippen LogP contribution in [0.1, 0.15) is 23.3 Å². The summed E-state index contributed by atoms with van der Waals surface area (Å²) < 4.78 is 30.7. The average Bonchev–Trinajstić information content (AvgIpc) is 3.63. The molecule has 0 N–H and O–H groups in total. The van der Waals surface area contributed by atoms with Gasteiger partial charge in [-0.1, -0.05) is 6.07 Å². The quantitative estimate of drug-likeness (QED) is 0.372. The number of hydrogen-bond donors (Lipinski definition) is 0. The van der Waals surface area contributed by atoms with Gasteiger partial charge in [-0.2, -0.15) is 5.10 Å². The van der Waals surface area contributed by atoms with Crippen molar-refractivity contribution in [1.82, 2.24) is 34.0 Å². The van der Waals surface area contributed by atoms with Gasteiger partial charge in [0.25, 0.3) is 5.91 Å². The number of rotatable bonds is 5. The molecule has 0 radical (unpaired) electrons. The molecule has 1 fully saturated rings. The third-order valence-corrected chi connectivity index (χ3v) is 6.38. The van der Waals surface area contributed by atoms with Crippen LogP contribution in [0.2, 0.25) is 0 Å². The van der Waals surface area contributed by atoms with Crippen molar-refractivity contribution in [3.8, 4) is 22.6 Å². The van der Waals surface area contributed by atoms with Crippen LogP contribution in [0.15, 0.2) is 73.4 Å². The van der Waals surface area contributed by atoms with Crippen molar-refractivity contribution in [3.63, 3.8) is 0 Å². The van der Waals surface area contributed by atoms with Gasteiger partial charge >= 0.3 is 0 Å². The van der Waals surface area contributed by atoms with E-state index < -0.39 is 11.6 Å². The Hall–Kier alpha value is -4.47. The first-order chi connectivity index (χ1) is 17.6. The maximum Gasteiger partial charge on any atom is 0.273 e. The first-order valence-corrected chi connectivity index (χ1v) is 11.6. The number of carbonyl (C=O) groups excluding carboxylic acids is 1. The molecular formula is C26H21F2N7O. The average molecular weight is 485 g/mol. The number of nitrogens with zero attached hydrogens (tertiary/aromatic N) is 7. The molecule has 1 atom stereocenters. The Labute approximate surface area is 204 Å². The zero-order chi connectivity index (χ0) is 24.6. The number of carbonyl (C=O) groups is 1. The number of pyridine rings is 3. The van der Waals surface area contributed by atoms with E-state index in [1.165, 1.54) is 28.9 Å². The lowest BCUT2D eigenvalue weighted by atomic mass is 10.1. The summed E-state index contributed by atoms with van der Waals surface area (Å²) in [5.74, 6) is -1.09. The van der Waals surface area contributed by atoms with Crippen LogP contribution in [0.4, 0.5) is 8.78 Å². The maximum absolute atomic E-state index is 14.2. The van der Waals surface area contributed by atoms with Crippen molar-refractivity contribution in [1.29, 1.82) is 0 Å². The Morgan fingerprint density at radius 2 is 1.86 bits per heavy atom. The van der Waals surface area contributed by atoms with Gasteiger partial charge in [-0.25, -0.2) is 13.8 Å². The molecule has 0 unspecified atom stereocenters. The molecule has 1 aliphatic heterocycles. The highest BCUT2D eigenvalue weighted by molar-refractivity contribution is 5.99. The summed E-state index contributed by atoms with van der Waals surface area (Å²) in [4.78, 5) is 28.8. The van der Waals surface area contributed by atoms with Crippen LogP contribution in [0.25, 0.3) is 28.3 Å². The van der Waals surface area contributed by atoms with Crippen LogP contribution in [-0.4, -0.2) is 52.5 Å². The van der Waals surface area contributed by atoms with Gasteiger partial charge in [-0.3, -0.25) is 23.8 Å². The summed E-state index contributed by atoms with van der Waals surface area (Å²) in [6.45, 7) is 1.05. The Bertz CT molecular complexity index is 1550. The molecule has 5 aromatic rings.